The molecule has 1 unspecified atom stereocenters. The number of nitrogen functional groups attached to an aromatic ring is 1. The van der Waals surface area contributed by atoms with Gasteiger partial charge in [0, 0.05) is 24.3 Å². The Hall–Kier alpha value is -4.89. The van der Waals surface area contributed by atoms with Crippen LogP contribution in [0.1, 0.15) is 41.6 Å². The smallest absolute Gasteiger partial charge is 0.481 e. The number of carbonyl (C=O) groups is 5. The zero-order valence-electron chi connectivity index (χ0n) is 20.2. The van der Waals surface area contributed by atoms with Gasteiger partial charge < -0.3 is 35.5 Å². The van der Waals surface area contributed by atoms with E-state index >= 15 is 0 Å². The maximum atomic E-state index is 12.3. The zero-order valence-corrected chi connectivity index (χ0v) is 20.2. The number of amides is 1. The number of aliphatic carboxylic acids is 3. The summed E-state index contributed by atoms with van der Waals surface area (Å²) >= 11 is 0. The number of ether oxygens (including phenoxy) is 1. The lowest BCUT2D eigenvalue weighted by atomic mass is 10.0. The average Bonchev–Trinajstić information content (AvgIpc) is 3.30. The van der Waals surface area contributed by atoms with Crippen LogP contribution in [-0.2, 0) is 25.6 Å². The molecule has 1 amide bonds. The van der Waals surface area contributed by atoms with Gasteiger partial charge in [-0.3, -0.25) is 15.0 Å². The summed E-state index contributed by atoms with van der Waals surface area (Å²) in [6.45, 7) is 1.54. The van der Waals surface area contributed by atoms with E-state index in [9.17, 15) is 32.3 Å². The van der Waals surface area contributed by atoms with Crippen LogP contribution < -0.4 is 15.8 Å². The average molecular weight is 559 g/mol. The fourth-order valence-corrected chi connectivity index (χ4v) is 2.69. The van der Waals surface area contributed by atoms with Gasteiger partial charge in [0.2, 0.25) is 11.7 Å². The Labute approximate surface area is 217 Å². The van der Waals surface area contributed by atoms with Crippen LogP contribution >= 0.6 is 0 Å². The predicted molar refractivity (Wildman–Crippen MR) is 124 cm³/mol. The second-order valence-corrected chi connectivity index (χ2v) is 7.83. The molecule has 0 fully saturated rings. The molecule has 0 bridgehead atoms. The van der Waals surface area contributed by atoms with E-state index < -0.39 is 54.3 Å². The van der Waals surface area contributed by atoms with Crippen LogP contribution in [0.25, 0.3) is 0 Å². The highest BCUT2D eigenvalue weighted by Crippen LogP contribution is 2.18. The Morgan fingerprint density at radius 2 is 1.62 bits per heavy atom. The number of nitrogens with two attached hydrogens (primary N) is 1. The maximum Gasteiger partial charge on any atom is 0.490 e. The van der Waals surface area contributed by atoms with E-state index in [1.54, 1.807) is 6.92 Å². The van der Waals surface area contributed by atoms with Crippen molar-refractivity contribution in [3.8, 4) is 5.75 Å². The van der Waals surface area contributed by atoms with Crippen molar-refractivity contribution in [1.82, 2.24) is 5.32 Å². The molecule has 13 nitrogen and oxygen atoms in total. The molecule has 0 aliphatic carbocycles. The number of amidine groups is 1. The lowest BCUT2D eigenvalue weighted by molar-refractivity contribution is -0.192. The van der Waals surface area contributed by atoms with Crippen molar-refractivity contribution in [2.45, 2.75) is 38.4 Å². The quantitative estimate of drug-likeness (QED) is 0.101. The van der Waals surface area contributed by atoms with Crippen molar-refractivity contribution in [2.75, 3.05) is 0 Å². The Balaban J connectivity index is 0.000000956. The van der Waals surface area contributed by atoms with Gasteiger partial charge in [0.1, 0.15) is 23.4 Å². The molecule has 1 aromatic carbocycles. The Bertz CT molecular complexity index is 1210. The molecule has 0 saturated heterocycles. The van der Waals surface area contributed by atoms with Crippen LogP contribution in [0.3, 0.4) is 0 Å². The van der Waals surface area contributed by atoms with E-state index in [1.165, 1.54) is 36.4 Å². The van der Waals surface area contributed by atoms with Crippen molar-refractivity contribution in [3.63, 3.8) is 0 Å². The minimum absolute atomic E-state index is 0.0810. The molecule has 1 heterocycles. The summed E-state index contributed by atoms with van der Waals surface area (Å²) in [4.78, 5) is 55.3. The van der Waals surface area contributed by atoms with Crippen molar-refractivity contribution in [1.29, 1.82) is 5.41 Å². The third-order valence-electron chi connectivity index (χ3n) is 4.70. The Kier molecular flexibility index (Phi) is 11.7. The SMILES string of the molecule is CC(Cc1ccc(C(=O)Oc2ccc(C(=N)N)cc2)o1)C(=O)N[C@H](CCC(=O)O)C(=O)O.O=C(O)C(F)(F)F. The minimum Gasteiger partial charge on any atom is -0.481 e. The van der Waals surface area contributed by atoms with Crippen molar-refractivity contribution in [2.24, 2.45) is 11.7 Å². The van der Waals surface area contributed by atoms with Gasteiger partial charge in [-0.2, -0.15) is 13.2 Å². The van der Waals surface area contributed by atoms with Crippen LogP contribution in [-0.4, -0.2) is 63.2 Å². The number of halogens is 3. The molecule has 0 aliphatic heterocycles. The third kappa shape index (κ3) is 11.4. The molecule has 2 aromatic rings. The first-order valence-corrected chi connectivity index (χ1v) is 10.8. The summed E-state index contributed by atoms with van der Waals surface area (Å²) in [6, 6.07) is 7.58. The number of carboxylic acid groups (broad SMARTS) is 3. The number of hydrogen-bond acceptors (Lipinski definition) is 8. The molecular weight excluding hydrogens is 535 g/mol. The number of alkyl halides is 3. The number of carboxylic acids is 3. The summed E-state index contributed by atoms with van der Waals surface area (Å²) in [5.41, 5.74) is 5.84. The molecule has 0 spiro atoms. The lowest BCUT2D eigenvalue weighted by Gasteiger charge is -2.16. The van der Waals surface area contributed by atoms with Crippen LogP contribution in [0.4, 0.5) is 13.2 Å². The number of furan rings is 1. The monoisotopic (exact) mass is 559 g/mol. The maximum absolute atomic E-state index is 12.3. The molecule has 0 radical (unpaired) electrons. The molecular formula is C23H24F3N3O10. The van der Waals surface area contributed by atoms with Crippen LogP contribution in [0.2, 0.25) is 0 Å². The standard InChI is InChI=1S/C21H23N3O8.C2HF3O2/c1-11(19(27)24-15(20(28)29)7-9-17(25)26)10-14-6-8-16(31-14)21(30)32-13-4-2-12(3-5-13)18(22)23;3-2(4,5)1(6)7/h2-6,8,11,15H,7,9-10H2,1H3,(H3,22,23)(H,24,27)(H,25,26)(H,28,29);(H,6,7)/t11?,15-;/m1./s1. The number of hydrogen-bond donors (Lipinski definition) is 6. The number of carbonyl (C=O) groups excluding carboxylic acids is 2. The molecule has 16 heteroatoms. The third-order valence-corrected chi connectivity index (χ3v) is 4.70. The summed E-state index contributed by atoms with van der Waals surface area (Å²) in [5, 5.41) is 34.6. The fourth-order valence-electron chi connectivity index (χ4n) is 2.69. The largest absolute Gasteiger partial charge is 0.490 e. The highest BCUT2D eigenvalue weighted by molar-refractivity contribution is 5.95. The summed E-state index contributed by atoms with van der Waals surface area (Å²) in [5.74, 6) is -6.97. The number of nitrogens with one attached hydrogen (secondary N) is 2. The molecule has 39 heavy (non-hydrogen) atoms. The van der Waals surface area contributed by atoms with Gasteiger partial charge in [0.15, 0.2) is 0 Å². The molecule has 2 atom stereocenters. The lowest BCUT2D eigenvalue weighted by Crippen LogP contribution is -2.43. The molecule has 0 aliphatic rings. The fraction of sp³-hybridized carbons (Fsp3) is 0.304. The van der Waals surface area contributed by atoms with Crippen LogP contribution in [0.15, 0.2) is 40.8 Å². The Morgan fingerprint density at radius 3 is 2.08 bits per heavy atom. The van der Waals surface area contributed by atoms with Crippen molar-refractivity contribution >= 4 is 35.6 Å². The highest BCUT2D eigenvalue weighted by atomic mass is 19.4. The van der Waals surface area contributed by atoms with Gasteiger partial charge in [-0.1, -0.05) is 6.92 Å². The van der Waals surface area contributed by atoms with E-state index in [4.69, 9.17) is 40.4 Å². The summed E-state index contributed by atoms with van der Waals surface area (Å²) < 4.78 is 42.4. The first-order chi connectivity index (χ1) is 18.0. The van der Waals surface area contributed by atoms with E-state index in [2.05, 4.69) is 5.32 Å². The van der Waals surface area contributed by atoms with Crippen LogP contribution in [0.5, 0.6) is 5.75 Å². The summed E-state index contributed by atoms with van der Waals surface area (Å²) in [6.07, 6.45) is -5.64. The topological polar surface area (TPSA) is 230 Å². The van der Waals surface area contributed by atoms with Gasteiger partial charge >= 0.3 is 30.1 Å². The normalized spacial score (nSPS) is 12.2. The van der Waals surface area contributed by atoms with Gasteiger partial charge in [-0.15, -0.1) is 0 Å². The van der Waals surface area contributed by atoms with Gasteiger partial charge in [0.25, 0.3) is 0 Å². The minimum atomic E-state index is -5.08. The van der Waals surface area contributed by atoms with Gasteiger partial charge in [-0.25, -0.2) is 14.4 Å². The molecule has 2 rings (SSSR count). The van der Waals surface area contributed by atoms with Gasteiger partial charge in [0.05, 0.1) is 0 Å². The highest BCUT2D eigenvalue weighted by Gasteiger charge is 2.38. The molecule has 0 saturated carbocycles. The van der Waals surface area contributed by atoms with E-state index in [0.717, 1.165) is 0 Å². The van der Waals surface area contributed by atoms with Crippen molar-refractivity contribution < 1.29 is 61.6 Å². The van der Waals surface area contributed by atoms with E-state index in [1.807, 2.05) is 0 Å². The number of esters is 1. The summed E-state index contributed by atoms with van der Waals surface area (Å²) in [7, 11) is 0. The van der Waals surface area contributed by atoms with E-state index in [0.29, 0.717) is 11.3 Å². The second kappa shape index (κ2) is 14.2. The molecule has 1 aromatic heterocycles. The van der Waals surface area contributed by atoms with Crippen molar-refractivity contribution in [3.05, 3.63) is 53.5 Å². The molecule has 7 N–H and O–H groups in total. The Morgan fingerprint density at radius 1 is 1.05 bits per heavy atom. The number of benzene rings is 1. The first-order valence-electron chi connectivity index (χ1n) is 10.8. The van der Waals surface area contributed by atoms with Gasteiger partial charge in [-0.05, 0) is 42.8 Å². The number of rotatable bonds is 11. The first kappa shape index (κ1) is 32.1. The second-order valence-electron chi connectivity index (χ2n) is 7.83. The molecule has 212 valence electrons. The van der Waals surface area contributed by atoms with E-state index in [-0.39, 0.29) is 30.2 Å². The predicted octanol–water partition coefficient (Wildman–Crippen LogP) is 2.03. The van der Waals surface area contributed by atoms with Crippen LogP contribution in [0, 0.1) is 11.3 Å². The zero-order chi connectivity index (χ0) is 29.9.